The summed E-state index contributed by atoms with van der Waals surface area (Å²) in [5.74, 6) is 0.537. The summed E-state index contributed by atoms with van der Waals surface area (Å²) in [5.41, 5.74) is 4.08. The fraction of sp³-hybridized carbons (Fsp3) is 0.391. The van der Waals surface area contributed by atoms with E-state index in [0.717, 1.165) is 52.0 Å². The van der Waals surface area contributed by atoms with E-state index in [1.165, 1.54) is 0 Å². The van der Waals surface area contributed by atoms with Crippen LogP contribution < -0.4 is 4.90 Å². The first-order valence-electron chi connectivity index (χ1n) is 9.94. The summed E-state index contributed by atoms with van der Waals surface area (Å²) in [6, 6.07) is 12.2. The van der Waals surface area contributed by atoms with Crippen molar-refractivity contribution in [2.75, 3.05) is 24.5 Å². The van der Waals surface area contributed by atoms with Crippen molar-refractivity contribution in [3.8, 4) is 11.1 Å². The molecule has 2 aromatic rings. The van der Waals surface area contributed by atoms with Crippen LogP contribution in [0.5, 0.6) is 0 Å². The molecule has 0 saturated carbocycles. The lowest BCUT2D eigenvalue weighted by Gasteiger charge is -2.43. The molecule has 6 heteroatoms. The van der Waals surface area contributed by atoms with Gasteiger partial charge >= 0.3 is 6.09 Å². The monoisotopic (exact) mass is 454 g/mol. The summed E-state index contributed by atoms with van der Waals surface area (Å²) in [6.07, 6.45) is -0.231. The van der Waals surface area contributed by atoms with Gasteiger partial charge in [0.15, 0.2) is 5.78 Å². The van der Waals surface area contributed by atoms with Gasteiger partial charge in [-0.1, -0.05) is 28.1 Å². The Morgan fingerprint density at radius 2 is 1.69 bits per heavy atom. The van der Waals surface area contributed by atoms with Gasteiger partial charge in [-0.05, 0) is 56.2 Å². The van der Waals surface area contributed by atoms with Gasteiger partial charge < -0.3 is 14.5 Å². The van der Waals surface area contributed by atoms with E-state index in [0.29, 0.717) is 5.92 Å². The van der Waals surface area contributed by atoms with Gasteiger partial charge in [-0.3, -0.25) is 4.79 Å². The second-order valence-corrected chi connectivity index (χ2v) is 10.0. The van der Waals surface area contributed by atoms with E-state index in [2.05, 4.69) is 26.9 Å². The molecule has 3 aliphatic rings. The van der Waals surface area contributed by atoms with Crippen LogP contribution in [-0.4, -0.2) is 48.1 Å². The standard InChI is InChI=1S/C23H23BrN2O3/c1-23(2,3)29-22(28)26-11-13-10-25(12-20(13)26)15-5-7-17-16-6-4-14(24)8-18(16)21(27)19(17)9-15/h4-9,13,20H,10-12H2,1-3H3. The Morgan fingerprint density at radius 1 is 1.00 bits per heavy atom. The molecule has 0 spiro atoms. The van der Waals surface area contributed by atoms with Gasteiger partial charge in [0, 0.05) is 46.8 Å². The molecule has 2 aromatic carbocycles. The average Bonchev–Trinajstić information content (AvgIpc) is 3.09. The molecule has 2 atom stereocenters. The summed E-state index contributed by atoms with van der Waals surface area (Å²) in [6.45, 7) is 8.08. The van der Waals surface area contributed by atoms with Crippen LogP contribution in [0.25, 0.3) is 11.1 Å². The fourth-order valence-corrected chi connectivity index (χ4v) is 4.98. The smallest absolute Gasteiger partial charge is 0.410 e. The number of ketones is 1. The number of likely N-dealkylation sites (tertiary alicyclic amines) is 1. The molecule has 5 nitrogen and oxygen atoms in total. The largest absolute Gasteiger partial charge is 0.444 e. The number of rotatable bonds is 1. The molecule has 0 N–H and O–H groups in total. The summed E-state index contributed by atoms with van der Waals surface area (Å²) in [7, 11) is 0. The Bertz CT molecular complexity index is 1040. The average molecular weight is 455 g/mol. The van der Waals surface area contributed by atoms with Gasteiger partial charge in [-0.2, -0.15) is 0 Å². The molecule has 2 aliphatic heterocycles. The van der Waals surface area contributed by atoms with Crippen molar-refractivity contribution in [1.29, 1.82) is 0 Å². The molecule has 29 heavy (non-hydrogen) atoms. The maximum Gasteiger partial charge on any atom is 0.410 e. The first-order chi connectivity index (χ1) is 13.7. The zero-order chi connectivity index (χ0) is 20.5. The normalized spacial score (nSPS) is 22.1. The van der Waals surface area contributed by atoms with Gasteiger partial charge in [0.2, 0.25) is 0 Å². The number of ether oxygens (including phenoxy) is 1. The third kappa shape index (κ3) is 3.05. The lowest BCUT2D eigenvalue weighted by Crippen LogP contribution is -2.59. The second kappa shape index (κ2) is 6.33. The minimum absolute atomic E-state index is 0.0794. The van der Waals surface area contributed by atoms with E-state index >= 15 is 0 Å². The van der Waals surface area contributed by atoms with E-state index < -0.39 is 5.60 Å². The lowest BCUT2D eigenvalue weighted by molar-refractivity contribution is -0.0163. The highest BCUT2D eigenvalue weighted by Crippen LogP contribution is 2.41. The molecule has 0 radical (unpaired) electrons. The highest BCUT2D eigenvalue weighted by Gasteiger charge is 2.49. The molecule has 1 aliphatic carbocycles. The zero-order valence-electron chi connectivity index (χ0n) is 16.7. The van der Waals surface area contributed by atoms with Crippen LogP contribution in [0, 0.1) is 5.92 Å². The number of fused-ring (bicyclic) bond motifs is 4. The van der Waals surface area contributed by atoms with Crippen LogP contribution in [0.15, 0.2) is 40.9 Å². The molecular weight excluding hydrogens is 432 g/mol. The molecular formula is C23H23BrN2O3. The molecule has 2 heterocycles. The highest BCUT2D eigenvalue weighted by molar-refractivity contribution is 9.10. The Balaban J connectivity index is 1.35. The maximum atomic E-state index is 12.9. The van der Waals surface area contributed by atoms with Crippen molar-refractivity contribution < 1.29 is 14.3 Å². The topological polar surface area (TPSA) is 49.9 Å². The van der Waals surface area contributed by atoms with E-state index in [9.17, 15) is 9.59 Å². The SMILES string of the molecule is CC(C)(C)OC(=O)N1CC2CN(c3ccc4c(c3)C(=O)c3cc(Br)ccc3-4)CC21. The first-order valence-corrected chi connectivity index (χ1v) is 10.7. The Hall–Kier alpha value is -2.34. The number of anilines is 1. The van der Waals surface area contributed by atoms with E-state index in [1.807, 2.05) is 56.0 Å². The number of carbonyl (C=O) groups is 2. The Morgan fingerprint density at radius 3 is 2.41 bits per heavy atom. The van der Waals surface area contributed by atoms with Crippen LogP contribution in [0.4, 0.5) is 10.5 Å². The van der Waals surface area contributed by atoms with Crippen molar-refractivity contribution in [2.24, 2.45) is 5.92 Å². The van der Waals surface area contributed by atoms with Gasteiger partial charge in [0.25, 0.3) is 0 Å². The third-order valence-corrected chi connectivity index (χ3v) is 6.49. The molecule has 0 aromatic heterocycles. The van der Waals surface area contributed by atoms with E-state index in [1.54, 1.807) is 0 Å². The van der Waals surface area contributed by atoms with Crippen molar-refractivity contribution in [3.63, 3.8) is 0 Å². The van der Waals surface area contributed by atoms with Crippen molar-refractivity contribution in [3.05, 3.63) is 52.0 Å². The number of carbonyl (C=O) groups excluding carboxylic acids is 2. The van der Waals surface area contributed by atoms with Crippen molar-refractivity contribution in [2.45, 2.75) is 32.4 Å². The van der Waals surface area contributed by atoms with Gasteiger partial charge in [-0.25, -0.2) is 4.79 Å². The van der Waals surface area contributed by atoms with Gasteiger partial charge in [0.05, 0.1) is 6.04 Å². The summed E-state index contributed by atoms with van der Waals surface area (Å²) in [5, 5.41) is 0. The quantitative estimate of drug-likeness (QED) is 0.533. The second-order valence-electron chi connectivity index (χ2n) is 9.11. The van der Waals surface area contributed by atoms with Crippen molar-refractivity contribution in [1.82, 2.24) is 4.90 Å². The van der Waals surface area contributed by atoms with Crippen LogP contribution in [-0.2, 0) is 4.74 Å². The van der Waals surface area contributed by atoms with Gasteiger partial charge in [-0.15, -0.1) is 0 Å². The van der Waals surface area contributed by atoms with Crippen LogP contribution in [0.2, 0.25) is 0 Å². The molecule has 2 fully saturated rings. The van der Waals surface area contributed by atoms with Gasteiger partial charge in [0.1, 0.15) is 5.60 Å². The molecule has 0 bridgehead atoms. The number of halogens is 1. The molecule has 1 amide bonds. The lowest BCUT2D eigenvalue weighted by atomic mass is 9.93. The summed E-state index contributed by atoms with van der Waals surface area (Å²) < 4.78 is 6.44. The van der Waals surface area contributed by atoms with Crippen molar-refractivity contribution >= 4 is 33.5 Å². The van der Waals surface area contributed by atoms with E-state index in [-0.39, 0.29) is 17.9 Å². The molecule has 2 saturated heterocycles. The number of benzene rings is 2. The number of hydrogen-bond acceptors (Lipinski definition) is 4. The fourth-order valence-electron chi connectivity index (χ4n) is 4.61. The Kier molecular flexibility index (Phi) is 4.07. The molecule has 150 valence electrons. The number of hydrogen-bond donors (Lipinski definition) is 0. The van der Waals surface area contributed by atoms with E-state index in [4.69, 9.17) is 4.74 Å². The van der Waals surface area contributed by atoms with Crippen LogP contribution >= 0.6 is 15.9 Å². The minimum atomic E-state index is -0.481. The number of nitrogens with zero attached hydrogens (tertiary/aromatic N) is 2. The van der Waals surface area contributed by atoms with Crippen LogP contribution in [0.3, 0.4) is 0 Å². The predicted octanol–water partition coefficient (Wildman–Crippen LogP) is 4.72. The molecule has 2 unspecified atom stereocenters. The minimum Gasteiger partial charge on any atom is -0.444 e. The Labute approximate surface area is 178 Å². The van der Waals surface area contributed by atoms with Crippen LogP contribution in [0.1, 0.15) is 36.7 Å². The summed E-state index contributed by atoms with van der Waals surface area (Å²) >= 11 is 3.46. The summed E-state index contributed by atoms with van der Waals surface area (Å²) in [4.78, 5) is 29.4. The maximum absolute atomic E-state index is 12.9. The highest BCUT2D eigenvalue weighted by atomic mass is 79.9. The predicted molar refractivity (Wildman–Crippen MR) is 115 cm³/mol. The first kappa shape index (κ1) is 18.7. The zero-order valence-corrected chi connectivity index (χ0v) is 18.3. The molecule has 5 rings (SSSR count). The third-order valence-electron chi connectivity index (χ3n) is 6.00. The number of amides is 1.